The van der Waals surface area contributed by atoms with Gasteiger partial charge in [0.15, 0.2) is 0 Å². The van der Waals surface area contributed by atoms with Gasteiger partial charge in [0.1, 0.15) is 5.75 Å². The minimum atomic E-state index is -0.919. The van der Waals surface area contributed by atoms with Gasteiger partial charge in [0.05, 0.1) is 31.3 Å². The second-order valence-electron chi connectivity index (χ2n) is 6.09. The lowest BCUT2D eigenvalue weighted by atomic mass is 10.1. The molecular formula is C17H21NO5. The first-order valence-corrected chi connectivity index (χ1v) is 7.98. The van der Waals surface area contributed by atoms with Gasteiger partial charge in [0.25, 0.3) is 5.91 Å². The van der Waals surface area contributed by atoms with Crippen molar-refractivity contribution in [3.63, 3.8) is 0 Å². The molecule has 1 unspecified atom stereocenters. The fourth-order valence-electron chi connectivity index (χ4n) is 2.65. The first-order chi connectivity index (χ1) is 11.1. The maximum atomic E-state index is 12.8. The molecule has 6 nitrogen and oxygen atoms in total. The number of carboxylic acid groups (broad SMARTS) is 1. The van der Waals surface area contributed by atoms with Crippen molar-refractivity contribution in [1.29, 1.82) is 0 Å². The van der Waals surface area contributed by atoms with Gasteiger partial charge in [0, 0.05) is 13.1 Å². The summed E-state index contributed by atoms with van der Waals surface area (Å²) < 4.78 is 11.2. The van der Waals surface area contributed by atoms with Crippen LogP contribution in [0.5, 0.6) is 5.75 Å². The molecule has 2 aliphatic rings. The van der Waals surface area contributed by atoms with Crippen molar-refractivity contribution in [2.45, 2.75) is 25.4 Å². The van der Waals surface area contributed by atoms with Crippen molar-refractivity contribution < 1.29 is 24.2 Å². The zero-order valence-electron chi connectivity index (χ0n) is 12.9. The van der Waals surface area contributed by atoms with E-state index in [0.29, 0.717) is 43.5 Å². The number of carbonyl (C=O) groups excluding carboxylic acids is 1. The topological polar surface area (TPSA) is 76.1 Å². The fourth-order valence-corrected chi connectivity index (χ4v) is 2.65. The highest BCUT2D eigenvalue weighted by Gasteiger charge is 2.28. The highest BCUT2D eigenvalue weighted by Crippen LogP contribution is 2.30. The second kappa shape index (κ2) is 7.00. The maximum Gasteiger partial charge on any atom is 0.306 e. The molecule has 1 aromatic rings. The van der Waals surface area contributed by atoms with Crippen LogP contribution in [-0.2, 0) is 9.53 Å². The van der Waals surface area contributed by atoms with Crippen LogP contribution in [0.4, 0.5) is 0 Å². The third kappa shape index (κ3) is 4.22. The molecule has 23 heavy (non-hydrogen) atoms. The molecule has 0 bridgehead atoms. The lowest BCUT2D eigenvalue weighted by Crippen LogP contribution is -2.46. The number of para-hydroxylation sites is 1. The van der Waals surface area contributed by atoms with Crippen LogP contribution in [0, 0.1) is 5.92 Å². The Morgan fingerprint density at radius 1 is 1.30 bits per heavy atom. The van der Waals surface area contributed by atoms with Crippen molar-refractivity contribution in [2.75, 3.05) is 26.3 Å². The summed E-state index contributed by atoms with van der Waals surface area (Å²) in [7, 11) is 0. The Morgan fingerprint density at radius 2 is 2.09 bits per heavy atom. The standard InChI is InChI=1S/C17H21NO5/c19-16(20)9-13-10-18(7-8-22-13)17(21)14-3-1-2-4-15(14)23-11-12-5-6-12/h1-4,12-13H,5-11H2,(H,19,20). The number of carboxylic acids is 1. The van der Waals surface area contributed by atoms with E-state index in [1.54, 1.807) is 11.0 Å². The predicted molar refractivity (Wildman–Crippen MR) is 82.6 cm³/mol. The Morgan fingerprint density at radius 3 is 2.83 bits per heavy atom. The summed E-state index contributed by atoms with van der Waals surface area (Å²) in [6.45, 7) is 1.76. The van der Waals surface area contributed by atoms with Crippen LogP contribution >= 0.6 is 0 Å². The number of morpholine rings is 1. The molecule has 1 aromatic carbocycles. The highest BCUT2D eigenvalue weighted by molar-refractivity contribution is 5.97. The van der Waals surface area contributed by atoms with Gasteiger partial charge in [-0.2, -0.15) is 0 Å². The number of benzene rings is 1. The minimum Gasteiger partial charge on any atom is -0.492 e. The summed E-state index contributed by atoms with van der Waals surface area (Å²) in [5, 5.41) is 8.88. The van der Waals surface area contributed by atoms with E-state index in [0.717, 1.165) is 0 Å². The van der Waals surface area contributed by atoms with Crippen molar-refractivity contribution in [3.8, 4) is 5.75 Å². The van der Waals surface area contributed by atoms with Crippen molar-refractivity contribution >= 4 is 11.9 Å². The molecule has 1 aliphatic carbocycles. The van der Waals surface area contributed by atoms with Gasteiger partial charge >= 0.3 is 5.97 Å². The summed E-state index contributed by atoms with van der Waals surface area (Å²) in [6.07, 6.45) is 1.83. The summed E-state index contributed by atoms with van der Waals surface area (Å²) in [5.74, 6) is 0.166. The average Bonchev–Trinajstić information content (AvgIpc) is 3.36. The Bertz CT molecular complexity index is 584. The Hall–Kier alpha value is -2.08. The highest BCUT2D eigenvalue weighted by atomic mass is 16.5. The molecule has 0 radical (unpaired) electrons. The van der Waals surface area contributed by atoms with Crippen LogP contribution in [0.25, 0.3) is 0 Å². The van der Waals surface area contributed by atoms with Gasteiger partial charge in [0.2, 0.25) is 0 Å². The smallest absolute Gasteiger partial charge is 0.306 e. The number of hydrogen-bond acceptors (Lipinski definition) is 4. The molecule has 1 aliphatic heterocycles. The Kier molecular flexibility index (Phi) is 4.81. The van der Waals surface area contributed by atoms with E-state index in [4.69, 9.17) is 14.6 Å². The van der Waals surface area contributed by atoms with Gasteiger partial charge in [-0.05, 0) is 30.9 Å². The zero-order chi connectivity index (χ0) is 16.2. The quantitative estimate of drug-likeness (QED) is 0.865. The third-order valence-electron chi connectivity index (χ3n) is 4.12. The van der Waals surface area contributed by atoms with Gasteiger partial charge in [-0.1, -0.05) is 12.1 Å². The summed E-state index contributed by atoms with van der Waals surface area (Å²) in [5.41, 5.74) is 0.532. The van der Waals surface area contributed by atoms with Gasteiger partial charge < -0.3 is 19.5 Å². The van der Waals surface area contributed by atoms with E-state index in [1.807, 2.05) is 18.2 Å². The second-order valence-corrected chi connectivity index (χ2v) is 6.09. The van der Waals surface area contributed by atoms with Crippen molar-refractivity contribution in [3.05, 3.63) is 29.8 Å². The molecule has 124 valence electrons. The molecule has 0 aromatic heterocycles. The lowest BCUT2D eigenvalue weighted by Gasteiger charge is -2.32. The predicted octanol–water partition coefficient (Wildman–Crippen LogP) is 1.79. The summed E-state index contributed by atoms with van der Waals surface area (Å²) >= 11 is 0. The van der Waals surface area contributed by atoms with E-state index in [2.05, 4.69) is 0 Å². The minimum absolute atomic E-state index is 0.0936. The van der Waals surface area contributed by atoms with Crippen LogP contribution in [0.1, 0.15) is 29.6 Å². The molecule has 1 amide bonds. The van der Waals surface area contributed by atoms with E-state index in [1.165, 1.54) is 12.8 Å². The van der Waals surface area contributed by atoms with Gasteiger partial charge in [-0.15, -0.1) is 0 Å². The molecule has 1 saturated heterocycles. The van der Waals surface area contributed by atoms with Gasteiger partial charge in [-0.25, -0.2) is 0 Å². The van der Waals surface area contributed by atoms with Crippen LogP contribution in [0.2, 0.25) is 0 Å². The third-order valence-corrected chi connectivity index (χ3v) is 4.12. The molecule has 3 rings (SSSR count). The van der Waals surface area contributed by atoms with E-state index in [9.17, 15) is 9.59 Å². The van der Waals surface area contributed by atoms with Crippen LogP contribution in [0.15, 0.2) is 24.3 Å². The normalized spacial score (nSPS) is 21.0. The zero-order valence-corrected chi connectivity index (χ0v) is 12.9. The lowest BCUT2D eigenvalue weighted by molar-refractivity contribution is -0.141. The molecule has 2 fully saturated rings. The van der Waals surface area contributed by atoms with E-state index < -0.39 is 12.1 Å². The molecule has 1 heterocycles. The molecule has 1 N–H and O–H groups in total. The largest absolute Gasteiger partial charge is 0.492 e. The molecule has 0 spiro atoms. The molecule has 1 saturated carbocycles. The molecule has 1 atom stereocenters. The number of rotatable bonds is 6. The number of aliphatic carboxylic acids is 1. The van der Waals surface area contributed by atoms with Crippen molar-refractivity contribution in [2.24, 2.45) is 5.92 Å². The summed E-state index contributed by atoms with van der Waals surface area (Å²) in [6, 6.07) is 7.23. The summed E-state index contributed by atoms with van der Waals surface area (Å²) in [4.78, 5) is 25.2. The Labute approximate surface area is 135 Å². The monoisotopic (exact) mass is 319 g/mol. The van der Waals surface area contributed by atoms with E-state index in [-0.39, 0.29) is 12.3 Å². The molecular weight excluding hydrogens is 298 g/mol. The van der Waals surface area contributed by atoms with E-state index >= 15 is 0 Å². The Balaban J connectivity index is 1.67. The van der Waals surface area contributed by atoms with Crippen LogP contribution in [-0.4, -0.2) is 54.3 Å². The first-order valence-electron chi connectivity index (χ1n) is 7.98. The van der Waals surface area contributed by atoms with Crippen LogP contribution < -0.4 is 4.74 Å². The number of ether oxygens (including phenoxy) is 2. The SMILES string of the molecule is O=C(O)CC1CN(C(=O)c2ccccc2OCC2CC2)CCO1. The van der Waals surface area contributed by atoms with Crippen LogP contribution in [0.3, 0.4) is 0 Å². The van der Waals surface area contributed by atoms with Gasteiger partial charge in [-0.3, -0.25) is 9.59 Å². The first kappa shape index (κ1) is 15.8. The number of amides is 1. The molecule has 6 heteroatoms. The van der Waals surface area contributed by atoms with Crippen molar-refractivity contribution in [1.82, 2.24) is 4.90 Å². The number of carbonyl (C=O) groups is 2. The number of hydrogen-bond donors (Lipinski definition) is 1. The fraction of sp³-hybridized carbons (Fsp3) is 0.529. The average molecular weight is 319 g/mol. The maximum absolute atomic E-state index is 12.8. The number of nitrogens with zero attached hydrogens (tertiary/aromatic N) is 1.